The Morgan fingerprint density at radius 2 is 1.91 bits per heavy atom. The normalized spacial score (nSPS) is 26.7. The number of amidine groups is 1. The first kappa shape index (κ1) is 13.2. The summed E-state index contributed by atoms with van der Waals surface area (Å²) in [6.45, 7) is 3.66. The van der Waals surface area contributed by atoms with Crippen LogP contribution in [0.15, 0.2) is 16.2 Å². The van der Waals surface area contributed by atoms with Crippen LogP contribution < -0.4 is 5.01 Å². The fraction of sp³-hybridized carbons (Fsp3) is 0.467. The maximum atomic E-state index is 12.6. The first-order chi connectivity index (χ1) is 10.5. The largest absolute Gasteiger partial charge is 0.298 e. The fourth-order valence-corrected chi connectivity index (χ4v) is 3.34. The van der Waals surface area contributed by atoms with Crippen molar-refractivity contribution >= 4 is 29.2 Å². The lowest BCUT2D eigenvalue weighted by Gasteiger charge is -2.19. The van der Waals surface area contributed by atoms with Gasteiger partial charge in [-0.25, -0.2) is 15.0 Å². The van der Waals surface area contributed by atoms with Gasteiger partial charge in [0.2, 0.25) is 0 Å². The van der Waals surface area contributed by atoms with Gasteiger partial charge < -0.3 is 0 Å². The molecule has 2 atom stereocenters. The Labute approximate surface area is 127 Å². The highest BCUT2D eigenvalue weighted by molar-refractivity contribution is 6.34. The molecule has 1 aromatic heterocycles. The number of carbonyl (C=O) groups is 2. The second kappa shape index (κ2) is 4.53. The molecule has 0 bridgehead atoms. The molecular weight excluding hydrogens is 282 g/mol. The Bertz CT molecular complexity index is 747. The van der Waals surface area contributed by atoms with Crippen LogP contribution >= 0.6 is 0 Å². The van der Waals surface area contributed by atoms with E-state index in [1.165, 1.54) is 0 Å². The molecule has 0 radical (unpaired) electrons. The topological polar surface area (TPSA) is 87.9 Å². The summed E-state index contributed by atoms with van der Waals surface area (Å²) < 4.78 is 0. The van der Waals surface area contributed by atoms with Crippen molar-refractivity contribution in [3.05, 3.63) is 17.5 Å². The summed E-state index contributed by atoms with van der Waals surface area (Å²) in [6, 6.07) is 1.82. The highest BCUT2D eigenvalue weighted by atomic mass is 16.2. The molecule has 1 saturated carbocycles. The van der Waals surface area contributed by atoms with Crippen molar-refractivity contribution in [2.24, 2.45) is 21.9 Å². The molecule has 0 saturated heterocycles. The number of Topliss-reactive ketones (excluding diaryl/α,β-unsaturated/α-hetero) is 1. The van der Waals surface area contributed by atoms with E-state index in [4.69, 9.17) is 0 Å². The molecule has 7 heteroatoms. The van der Waals surface area contributed by atoms with Gasteiger partial charge >= 0.3 is 0 Å². The van der Waals surface area contributed by atoms with Crippen molar-refractivity contribution in [3.63, 3.8) is 0 Å². The lowest BCUT2D eigenvalue weighted by atomic mass is 9.87. The summed E-state index contributed by atoms with van der Waals surface area (Å²) in [5, 5.41) is 5.35. The Morgan fingerprint density at radius 3 is 2.64 bits per heavy atom. The van der Waals surface area contributed by atoms with E-state index in [-0.39, 0.29) is 23.6 Å². The number of nitrogens with zero attached hydrogens (tertiary/aromatic N) is 5. The number of amides is 1. The summed E-state index contributed by atoms with van der Waals surface area (Å²) in [4.78, 5) is 38.1. The number of aromatic nitrogens is 2. The number of fused-ring (bicyclic) bond motifs is 2. The SMILES string of the molecule is Cc1cc(C)nc(N2N=C3N=C4CCCC4C(=O)C3C2=O)n1. The van der Waals surface area contributed by atoms with Gasteiger partial charge in [-0.3, -0.25) is 9.59 Å². The van der Waals surface area contributed by atoms with Crippen molar-refractivity contribution in [1.29, 1.82) is 0 Å². The smallest absolute Gasteiger partial charge is 0.268 e. The Balaban J connectivity index is 1.77. The number of carbonyl (C=O) groups excluding carboxylic acids is 2. The zero-order valence-electron chi connectivity index (χ0n) is 12.4. The van der Waals surface area contributed by atoms with Crippen LogP contribution in [0.1, 0.15) is 30.7 Å². The molecule has 2 unspecified atom stereocenters. The number of ketones is 1. The minimum atomic E-state index is -0.878. The Morgan fingerprint density at radius 1 is 1.18 bits per heavy atom. The van der Waals surface area contributed by atoms with Crippen LogP contribution in [0.3, 0.4) is 0 Å². The molecule has 1 fully saturated rings. The zero-order chi connectivity index (χ0) is 15.4. The molecule has 3 aliphatic rings. The number of rotatable bonds is 1. The molecule has 7 nitrogen and oxygen atoms in total. The lowest BCUT2D eigenvalue weighted by Crippen LogP contribution is -2.41. The van der Waals surface area contributed by atoms with E-state index in [1.54, 1.807) is 0 Å². The van der Waals surface area contributed by atoms with Gasteiger partial charge in [-0.2, -0.15) is 5.01 Å². The maximum Gasteiger partial charge on any atom is 0.268 e. The first-order valence-electron chi connectivity index (χ1n) is 7.40. The Hall–Kier alpha value is -2.44. The molecule has 112 valence electrons. The van der Waals surface area contributed by atoms with E-state index in [9.17, 15) is 9.59 Å². The molecular formula is C15H15N5O2. The van der Waals surface area contributed by atoms with Gasteiger partial charge in [0.05, 0.1) is 5.92 Å². The highest BCUT2D eigenvalue weighted by Crippen LogP contribution is 2.34. The minimum Gasteiger partial charge on any atom is -0.298 e. The maximum absolute atomic E-state index is 12.6. The number of hydrazone groups is 1. The zero-order valence-corrected chi connectivity index (χ0v) is 12.4. The summed E-state index contributed by atoms with van der Waals surface area (Å²) >= 11 is 0. The third kappa shape index (κ3) is 1.81. The average molecular weight is 297 g/mol. The number of hydrogen-bond donors (Lipinski definition) is 0. The molecule has 0 spiro atoms. The van der Waals surface area contributed by atoms with Crippen LogP contribution in [0.4, 0.5) is 5.95 Å². The Kier molecular flexibility index (Phi) is 2.72. The van der Waals surface area contributed by atoms with Gasteiger partial charge in [0.15, 0.2) is 17.5 Å². The van der Waals surface area contributed by atoms with Crippen LogP contribution in [-0.4, -0.2) is 33.2 Å². The molecule has 0 N–H and O–H groups in total. The summed E-state index contributed by atoms with van der Waals surface area (Å²) in [7, 11) is 0. The average Bonchev–Trinajstić information content (AvgIpc) is 3.03. The third-order valence-electron chi connectivity index (χ3n) is 4.29. The lowest BCUT2D eigenvalue weighted by molar-refractivity contribution is -0.130. The molecule has 22 heavy (non-hydrogen) atoms. The number of hydrogen-bond acceptors (Lipinski definition) is 6. The summed E-state index contributed by atoms with van der Waals surface area (Å²) in [6.07, 6.45) is 2.55. The van der Waals surface area contributed by atoms with Crippen LogP contribution in [0, 0.1) is 25.7 Å². The fourth-order valence-electron chi connectivity index (χ4n) is 3.34. The van der Waals surface area contributed by atoms with E-state index >= 15 is 0 Å². The van der Waals surface area contributed by atoms with Gasteiger partial charge in [-0.15, -0.1) is 5.10 Å². The van der Waals surface area contributed by atoms with E-state index in [1.807, 2.05) is 19.9 Å². The van der Waals surface area contributed by atoms with E-state index in [2.05, 4.69) is 20.1 Å². The van der Waals surface area contributed by atoms with Crippen LogP contribution in [-0.2, 0) is 9.59 Å². The van der Waals surface area contributed by atoms with E-state index < -0.39 is 5.92 Å². The highest BCUT2D eigenvalue weighted by Gasteiger charge is 2.50. The van der Waals surface area contributed by atoms with Gasteiger partial charge in [0, 0.05) is 17.1 Å². The minimum absolute atomic E-state index is 0.0712. The second-order valence-corrected chi connectivity index (χ2v) is 5.94. The predicted octanol–water partition coefficient (Wildman–Crippen LogP) is 1.19. The monoisotopic (exact) mass is 297 g/mol. The number of anilines is 1. The second-order valence-electron chi connectivity index (χ2n) is 5.94. The van der Waals surface area contributed by atoms with E-state index in [0.717, 1.165) is 41.4 Å². The molecule has 0 aromatic carbocycles. The van der Waals surface area contributed by atoms with E-state index in [0.29, 0.717) is 5.84 Å². The van der Waals surface area contributed by atoms with Crippen molar-refractivity contribution < 1.29 is 9.59 Å². The third-order valence-corrected chi connectivity index (χ3v) is 4.29. The quantitative estimate of drug-likeness (QED) is 0.728. The molecule has 2 aliphatic heterocycles. The predicted molar refractivity (Wildman–Crippen MR) is 79.7 cm³/mol. The summed E-state index contributed by atoms with van der Waals surface area (Å²) in [5.74, 6) is -1.03. The molecule has 1 aromatic rings. The van der Waals surface area contributed by atoms with Crippen molar-refractivity contribution in [2.75, 3.05) is 5.01 Å². The van der Waals surface area contributed by atoms with Gasteiger partial charge in [0.25, 0.3) is 11.9 Å². The van der Waals surface area contributed by atoms with Crippen molar-refractivity contribution in [1.82, 2.24) is 9.97 Å². The number of aryl methyl sites for hydroxylation is 2. The molecule has 3 heterocycles. The van der Waals surface area contributed by atoms with Crippen LogP contribution in [0.5, 0.6) is 0 Å². The van der Waals surface area contributed by atoms with Crippen molar-refractivity contribution in [2.45, 2.75) is 33.1 Å². The van der Waals surface area contributed by atoms with Gasteiger partial charge in [0.1, 0.15) is 0 Å². The van der Waals surface area contributed by atoms with Crippen molar-refractivity contribution in [3.8, 4) is 0 Å². The molecule has 1 amide bonds. The van der Waals surface area contributed by atoms with Crippen LogP contribution in [0.2, 0.25) is 0 Å². The number of aliphatic imine (C=N–C) groups is 1. The molecule has 4 rings (SSSR count). The first-order valence-corrected chi connectivity index (χ1v) is 7.40. The molecule has 1 aliphatic carbocycles. The summed E-state index contributed by atoms with van der Waals surface area (Å²) in [5.41, 5.74) is 2.37. The van der Waals surface area contributed by atoms with Gasteiger partial charge in [-0.1, -0.05) is 0 Å². The standard InChI is InChI=1S/C15H15N5O2/c1-7-6-8(2)17-15(16-7)20-14(22)11-12(21)9-4-3-5-10(9)18-13(11)19-20/h6,9,11H,3-5H2,1-2H3. The van der Waals surface area contributed by atoms with Gasteiger partial charge in [-0.05, 0) is 39.2 Å². The van der Waals surface area contributed by atoms with Crippen LogP contribution in [0.25, 0.3) is 0 Å².